The molecule has 0 unspecified atom stereocenters. The maximum absolute atomic E-state index is 9.51. The minimum Gasteiger partial charge on any atom is -0.486 e. The Balaban J connectivity index is 1.51. The van der Waals surface area contributed by atoms with E-state index in [2.05, 4.69) is 29.8 Å². The second kappa shape index (κ2) is 7.81. The number of nitrogens with zero attached hydrogens (tertiary/aromatic N) is 3. The molecule has 0 radical (unpaired) electrons. The van der Waals surface area contributed by atoms with E-state index in [1.54, 1.807) is 6.07 Å². The number of furan rings is 1. The molecule has 0 amide bonds. The summed E-state index contributed by atoms with van der Waals surface area (Å²) in [5.74, 6) is 3.89. The molecule has 2 aromatic heterocycles. The average molecular weight is 377 g/mol. The van der Waals surface area contributed by atoms with Crippen LogP contribution in [0.3, 0.4) is 0 Å². The molecular weight excluding hydrogens is 354 g/mol. The summed E-state index contributed by atoms with van der Waals surface area (Å²) in [6, 6.07) is 15.3. The Labute approximate surface area is 164 Å². The van der Waals surface area contributed by atoms with Gasteiger partial charge in [-0.2, -0.15) is 10.2 Å². The van der Waals surface area contributed by atoms with Crippen molar-refractivity contribution in [1.82, 2.24) is 4.98 Å². The average Bonchev–Trinajstić information content (AvgIpc) is 3.33. The Kier molecular flexibility index (Phi) is 5.07. The number of oxazole rings is 1. The summed E-state index contributed by atoms with van der Waals surface area (Å²) in [6.07, 6.45) is 1.18. The Morgan fingerprint density at radius 3 is 2.57 bits per heavy atom. The summed E-state index contributed by atoms with van der Waals surface area (Å²) in [5, 5.41) is 9.51. The van der Waals surface area contributed by atoms with Gasteiger partial charge in [-0.15, -0.1) is 0 Å². The van der Waals surface area contributed by atoms with Gasteiger partial charge in [0, 0.05) is 13.1 Å². The summed E-state index contributed by atoms with van der Waals surface area (Å²) < 4.78 is 17.5. The van der Waals surface area contributed by atoms with Gasteiger partial charge in [-0.05, 0) is 42.5 Å². The van der Waals surface area contributed by atoms with E-state index in [1.165, 1.54) is 6.42 Å². The molecule has 144 valence electrons. The zero-order chi connectivity index (χ0) is 19.5. The van der Waals surface area contributed by atoms with Crippen molar-refractivity contribution >= 4 is 5.88 Å². The SMILES string of the molecule is C[C@@H]1C[C@H](C)CN(c2oc(-c3ccc(COc4ccccc4)o3)nc2C#N)C1. The fraction of sp³-hybridized carbons (Fsp3) is 0.364. The van der Waals surface area contributed by atoms with Crippen LogP contribution < -0.4 is 9.64 Å². The van der Waals surface area contributed by atoms with Crippen LogP contribution in [0.2, 0.25) is 0 Å². The van der Waals surface area contributed by atoms with Gasteiger partial charge in [0.2, 0.25) is 11.6 Å². The number of anilines is 1. The highest BCUT2D eigenvalue weighted by Crippen LogP contribution is 2.33. The molecule has 1 aliphatic rings. The first-order valence-corrected chi connectivity index (χ1v) is 9.55. The third-order valence-corrected chi connectivity index (χ3v) is 4.87. The van der Waals surface area contributed by atoms with Gasteiger partial charge in [-0.25, -0.2) is 0 Å². The molecule has 4 rings (SSSR count). The number of hydrogen-bond donors (Lipinski definition) is 0. The minimum atomic E-state index is 0.301. The third kappa shape index (κ3) is 3.89. The molecule has 0 aliphatic carbocycles. The van der Waals surface area contributed by atoms with Gasteiger partial charge >= 0.3 is 0 Å². The van der Waals surface area contributed by atoms with E-state index in [0.29, 0.717) is 47.4 Å². The predicted octanol–water partition coefficient (Wildman–Crippen LogP) is 4.87. The van der Waals surface area contributed by atoms with Crippen molar-refractivity contribution in [3.8, 4) is 23.5 Å². The third-order valence-electron chi connectivity index (χ3n) is 4.87. The fourth-order valence-corrected chi connectivity index (χ4v) is 3.78. The van der Waals surface area contributed by atoms with Gasteiger partial charge in [0.1, 0.15) is 24.2 Å². The highest BCUT2D eigenvalue weighted by Gasteiger charge is 2.28. The van der Waals surface area contributed by atoms with Gasteiger partial charge in [0.15, 0.2) is 5.76 Å². The number of ether oxygens (including phenoxy) is 1. The van der Waals surface area contributed by atoms with Gasteiger partial charge in [-0.3, -0.25) is 0 Å². The van der Waals surface area contributed by atoms with Crippen LogP contribution in [-0.2, 0) is 6.61 Å². The quantitative estimate of drug-likeness (QED) is 0.631. The van der Waals surface area contributed by atoms with Crippen molar-refractivity contribution in [3.05, 3.63) is 53.9 Å². The largest absolute Gasteiger partial charge is 0.486 e. The first kappa shape index (κ1) is 18.2. The van der Waals surface area contributed by atoms with Crippen molar-refractivity contribution in [2.24, 2.45) is 11.8 Å². The number of benzene rings is 1. The van der Waals surface area contributed by atoms with Crippen molar-refractivity contribution < 1.29 is 13.6 Å². The zero-order valence-corrected chi connectivity index (χ0v) is 16.1. The van der Waals surface area contributed by atoms with E-state index in [1.807, 2.05) is 36.4 Å². The number of rotatable bonds is 5. The van der Waals surface area contributed by atoms with E-state index in [4.69, 9.17) is 13.6 Å². The Morgan fingerprint density at radius 2 is 1.86 bits per heavy atom. The van der Waals surface area contributed by atoms with E-state index in [0.717, 1.165) is 18.8 Å². The lowest BCUT2D eigenvalue weighted by molar-refractivity contribution is 0.271. The van der Waals surface area contributed by atoms with Gasteiger partial charge in [0.05, 0.1) is 0 Å². The number of hydrogen-bond acceptors (Lipinski definition) is 6. The monoisotopic (exact) mass is 377 g/mol. The van der Waals surface area contributed by atoms with Crippen molar-refractivity contribution in [2.75, 3.05) is 18.0 Å². The smallest absolute Gasteiger partial charge is 0.266 e. The van der Waals surface area contributed by atoms with Gasteiger partial charge in [-0.1, -0.05) is 32.0 Å². The summed E-state index contributed by atoms with van der Waals surface area (Å²) in [5.41, 5.74) is 0.301. The topological polar surface area (TPSA) is 75.4 Å². The fourth-order valence-electron chi connectivity index (χ4n) is 3.78. The summed E-state index contributed by atoms with van der Waals surface area (Å²) >= 11 is 0. The molecular formula is C22H23N3O3. The molecule has 0 spiro atoms. The number of aromatic nitrogens is 1. The molecule has 6 nitrogen and oxygen atoms in total. The number of piperidine rings is 1. The van der Waals surface area contributed by atoms with Gasteiger partial charge in [0.25, 0.3) is 5.89 Å². The normalized spacial score (nSPS) is 19.4. The van der Waals surface area contributed by atoms with Crippen LogP contribution >= 0.6 is 0 Å². The molecule has 0 N–H and O–H groups in total. The second-order valence-electron chi connectivity index (χ2n) is 7.50. The molecule has 6 heteroatoms. The van der Waals surface area contributed by atoms with Crippen LogP contribution in [0.25, 0.3) is 11.7 Å². The predicted molar refractivity (Wildman–Crippen MR) is 105 cm³/mol. The lowest BCUT2D eigenvalue weighted by Crippen LogP contribution is -2.38. The Morgan fingerprint density at radius 1 is 1.11 bits per heavy atom. The first-order valence-electron chi connectivity index (χ1n) is 9.55. The Hall–Kier alpha value is -3.20. The summed E-state index contributed by atoms with van der Waals surface area (Å²) in [6.45, 7) is 6.48. The van der Waals surface area contributed by atoms with Crippen molar-refractivity contribution in [2.45, 2.75) is 26.9 Å². The highest BCUT2D eigenvalue weighted by molar-refractivity contribution is 5.56. The van der Waals surface area contributed by atoms with Crippen LogP contribution in [-0.4, -0.2) is 18.1 Å². The zero-order valence-electron chi connectivity index (χ0n) is 16.1. The van der Waals surface area contributed by atoms with E-state index < -0.39 is 0 Å². The molecule has 28 heavy (non-hydrogen) atoms. The van der Waals surface area contributed by atoms with Crippen LogP contribution in [0.4, 0.5) is 5.88 Å². The lowest BCUT2D eigenvalue weighted by Gasteiger charge is -2.34. The van der Waals surface area contributed by atoms with Crippen LogP contribution in [0.5, 0.6) is 5.75 Å². The standard InChI is InChI=1S/C22H23N3O3/c1-15-10-16(2)13-25(12-15)22-19(11-23)24-21(28-22)20-9-8-18(27-20)14-26-17-6-4-3-5-7-17/h3-9,15-16H,10,12-14H2,1-2H3/t15-,16+. The lowest BCUT2D eigenvalue weighted by atomic mass is 9.92. The molecule has 1 fully saturated rings. The number of nitriles is 1. The highest BCUT2D eigenvalue weighted by atomic mass is 16.5. The van der Waals surface area contributed by atoms with Gasteiger partial charge < -0.3 is 18.5 Å². The maximum Gasteiger partial charge on any atom is 0.266 e. The molecule has 3 heterocycles. The minimum absolute atomic E-state index is 0.301. The molecule has 3 aromatic rings. The molecule has 1 aliphatic heterocycles. The number of para-hydroxylation sites is 1. The van der Waals surface area contributed by atoms with Crippen molar-refractivity contribution in [1.29, 1.82) is 5.26 Å². The maximum atomic E-state index is 9.51. The van der Waals surface area contributed by atoms with E-state index in [-0.39, 0.29) is 0 Å². The van der Waals surface area contributed by atoms with Crippen LogP contribution in [0.15, 0.2) is 51.3 Å². The van der Waals surface area contributed by atoms with Crippen LogP contribution in [0, 0.1) is 23.2 Å². The van der Waals surface area contributed by atoms with E-state index >= 15 is 0 Å². The van der Waals surface area contributed by atoms with E-state index in [9.17, 15) is 5.26 Å². The molecule has 1 saturated heterocycles. The molecule has 0 bridgehead atoms. The Bertz CT molecular complexity index is 961. The second-order valence-corrected chi connectivity index (χ2v) is 7.50. The first-order chi connectivity index (χ1) is 13.6. The summed E-state index contributed by atoms with van der Waals surface area (Å²) in [7, 11) is 0. The van der Waals surface area contributed by atoms with Crippen molar-refractivity contribution in [3.63, 3.8) is 0 Å². The molecule has 2 atom stereocenters. The molecule has 0 saturated carbocycles. The van der Waals surface area contributed by atoms with Crippen LogP contribution in [0.1, 0.15) is 31.7 Å². The molecule has 1 aromatic carbocycles. The summed E-state index contributed by atoms with van der Waals surface area (Å²) in [4.78, 5) is 6.47.